The fourth-order valence-electron chi connectivity index (χ4n) is 2.79. The highest BCUT2D eigenvalue weighted by molar-refractivity contribution is 7.91. The van der Waals surface area contributed by atoms with Crippen LogP contribution < -0.4 is 10.9 Å². The number of hydrazine groups is 1. The minimum atomic E-state index is -3.51. The van der Waals surface area contributed by atoms with Crippen LogP contribution >= 0.6 is 11.3 Å². The molecule has 0 unspecified atom stereocenters. The average Bonchev–Trinajstić information content (AvgIpc) is 3.22. The first kappa shape index (κ1) is 19.5. The summed E-state index contributed by atoms with van der Waals surface area (Å²) < 4.78 is 39.5. The van der Waals surface area contributed by atoms with Crippen molar-refractivity contribution in [1.82, 2.24) is 15.2 Å². The molecule has 0 saturated carbocycles. The Morgan fingerprint density at radius 2 is 1.74 bits per heavy atom. The maximum Gasteiger partial charge on any atom is 0.269 e. The van der Waals surface area contributed by atoms with Crippen molar-refractivity contribution >= 4 is 33.2 Å². The third kappa shape index (κ3) is 4.52. The topological polar surface area (TPSA) is 95.6 Å². The molecule has 10 heteroatoms. The van der Waals surface area contributed by atoms with Crippen LogP contribution in [-0.4, -0.2) is 37.6 Å². The molecule has 1 aromatic heterocycles. The Labute approximate surface area is 160 Å². The zero-order valence-electron chi connectivity index (χ0n) is 14.2. The molecule has 0 aliphatic carbocycles. The van der Waals surface area contributed by atoms with Gasteiger partial charge in [0.15, 0.2) is 0 Å². The van der Waals surface area contributed by atoms with E-state index < -0.39 is 27.7 Å². The summed E-state index contributed by atoms with van der Waals surface area (Å²) in [6.45, 7) is 0.481. The van der Waals surface area contributed by atoms with Gasteiger partial charge in [-0.15, -0.1) is 11.3 Å². The number of piperidine rings is 1. The van der Waals surface area contributed by atoms with Crippen LogP contribution in [-0.2, 0) is 14.8 Å². The van der Waals surface area contributed by atoms with E-state index in [1.807, 2.05) is 0 Å². The van der Waals surface area contributed by atoms with Gasteiger partial charge in [0.25, 0.3) is 15.9 Å². The van der Waals surface area contributed by atoms with Crippen LogP contribution in [0, 0.1) is 11.7 Å². The third-order valence-corrected chi connectivity index (χ3v) is 7.59. The number of amides is 2. The first-order valence-corrected chi connectivity index (χ1v) is 10.6. The lowest BCUT2D eigenvalue weighted by Crippen LogP contribution is -2.48. The summed E-state index contributed by atoms with van der Waals surface area (Å²) in [7, 11) is -3.51. The summed E-state index contributed by atoms with van der Waals surface area (Å²) in [6.07, 6.45) is 0.728. The Morgan fingerprint density at radius 1 is 1.07 bits per heavy atom. The second-order valence-electron chi connectivity index (χ2n) is 6.06. The van der Waals surface area contributed by atoms with Gasteiger partial charge >= 0.3 is 0 Å². The van der Waals surface area contributed by atoms with Gasteiger partial charge in [0, 0.05) is 24.6 Å². The number of hydrogen-bond acceptors (Lipinski definition) is 5. The van der Waals surface area contributed by atoms with Crippen molar-refractivity contribution in [3.8, 4) is 0 Å². The minimum absolute atomic E-state index is 0.216. The van der Waals surface area contributed by atoms with Gasteiger partial charge in [-0.1, -0.05) is 6.07 Å². The molecule has 7 nitrogen and oxygen atoms in total. The molecule has 0 bridgehead atoms. The Kier molecular flexibility index (Phi) is 5.88. The normalized spacial score (nSPS) is 16.0. The highest BCUT2D eigenvalue weighted by Crippen LogP contribution is 2.26. The van der Waals surface area contributed by atoms with Gasteiger partial charge in [0.1, 0.15) is 10.0 Å². The molecule has 2 amide bonds. The van der Waals surface area contributed by atoms with Gasteiger partial charge in [-0.3, -0.25) is 20.4 Å². The predicted octanol–water partition coefficient (Wildman–Crippen LogP) is 1.75. The molecular weight excluding hydrogens is 393 g/mol. The van der Waals surface area contributed by atoms with Gasteiger partial charge in [0.05, 0.1) is 0 Å². The van der Waals surface area contributed by atoms with Crippen molar-refractivity contribution < 1.29 is 22.4 Å². The molecular formula is C17H18FN3O4S2. The number of rotatable bonds is 4. The summed E-state index contributed by atoms with van der Waals surface area (Å²) in [5, 5.41) is 1.71. The number of carbonyl (C=O) groups is 2. The second-order valence-corrected chi connectivity index (χ2v) is 9.17. The summed E-state index contributed by atoms with van der Waals surface area (Å²) in [5.74, 6) is -1.78. The fraction of sp³-hybridized carbons (Fsp3) is 0.294. The Balaban J connectivity index is 1.50. The molecule has 2 N–H and O–H groups in total. The average molecular weight is 411 g/mol. The van der Waals surface area contributed by atoms with Crippen LogP contribution in [0.1, 0.15) is 23.2 Å². The van der Waals surface area contributed by atoms with E-state index in [1.54, 1.807) is 17.5 Å². The molecule has 2 heterocycles. The zero-order valence-corrected chi connectivity index (χ0v) is 15.9. The molecule has 0 spiro atoms. The molecule has 3 rings (SSSR count). The van der Waals surface area contributed by atoms with Gasteiger partial charge in [0.2, 0.25) is 5.91 Å². The molecule has 1 saturated heterocycles. The van der Waals surface area contributed by atoms with Crippen LogP contribution in [0.5, 0.6) is 0 Å². The van der Waals surface area contributed by atoms with Crippen LogP contribution in [0.2, 0.25) is 0 Å². The highest BCUT2D eigenvalue weighted by Gasteiger charge is 2.32. The van der Waals surface area contributed by atoms with Crippen LogP contribution in [0.15, 0.2) is 46.0 Å². The van der Waals surface area contributed by atoms with Gasteiger partial charge in [-0.05, 0) is 48.6 Å². The van der Waals surface area contributed by atoms with E-state index in [2.05, 4.69) is 10.9 Å². The van der Waals surface area contributed by atoms with Gasteiger partial charge in [-0.25, -0.2) is 12.8 Å². The molecule has 1 aliphatic rings. The van der Waals surface area contributed by atoms with Crippen molar-refractivity contribution in [3.05, 3.63) is 53.2 Å². The number of hydrogen-bond donors (Lipinski definition) is 2. The monoisotopic (exact) mass is 411 g/mol. The lowest BCUT2D eigenvalue weighted by atomic mass is 9.98. The van der Waals surface area contributed by atoms with Gasteiger partial charge < -0.3 is 0 Å². The first-order chi connectivity index (χ1) is 12.9. The van der Waals surface area contributed by atoms with E-state index in [1.165, 1.54) is 16.4 Å². The standard InChI is InChI=1S/C17H18FN3O4S2/c18-14-5-3-12(4-6-14)16(22)19-20-17(23)13-7-9-21(10-8-13)27(24,25)15-2-1-11-26-15/h1-6,11,13H,7-10H2,(H,19,22)(H,20,23). The smallest absolute Gasteiger partial charge is 0.269 e. The predicted molar refractivity (Wildman–Crippen MR) is 97.8 cm³/mol. The van der Waals surface area contributed by atoms with Crippen molar-refractivity contribution in [1.29, 1.82) is 0 Å². The lowest BCUT2D eigenvalue weighted by Gasteiger charge is -2.30. The zero-order chi connectivity index (χ0) is 19.4. The highest BCUT2D eigenvalue weighted by atomic mass is 32.2. The third-order valence-electron chi connectivity index (χ3n) is 4.32. The maximum absolute atomic E-state index is 12.9. The Morgan fingerprint density at radius 3 is 2.33 bits per heavy atom. The van der Waals surface area contributed by atoms with Crippen LogP contribution in [0.25, 0.3) is 0 Å². The summed E-state index contributed by atoms with van der Waals surface area (Å²) in [6, 6.07) is 8.17. The summed E-state index contributed by atoms with van der Waals surface area (Å²) >= 11 is 1.16. The molecule has 2 aromatic rings. The van der Waals surface area contributed by atoms with Crippen LogP contribution in [0.3, 0.4) is 0 Å². The quantitative estimate of drug-likeness (QED) is 0.750. The van der Waals surface area contributed by atoms with Gasteiger partial charge in [-0.2, -0.15) is 4.31 Å². The van der Waals surface area contributed by atoms with E-state index in [0.29, 0.717) is 12.8 Å². The second kappa shape index (κ2) is 8.15. The van der Waals surface area contributed by atoms with E-state index in [0.717, 1.165) is 23.5 Å². The minimum Gasteiger partial charge on any atom is -0.273 e. The number of benzene rings is 1. The number of thiophene rings is 1. The Hall–Kier alpha value is -2.30. The number of sulfonamides is 1. The SMILES string of the molecule is O=C(NNC(=O)C1CCN(S(=O)(=O)c2cccs2)CC1)c1ccc(F)cc1. The van der Waals surface area contributed by atoms with Crippen LogP contribution in [0.4, 0.5) is 4.39 Å². The lowest BCUT2D eigenvalue weighted by molar-refractivity contribution is -0.126. The molecule has 0 atom stereocenters. The molecule has 1 fully saturated rings. The number of nitrogens with one attached hydrogen (secondary N) is 2. The Bertz CT molecular complexity index is 906. The molecule has 144 valence electrons. The fourth-order valence-corrected chi connectivity index (χ4v) is 5.40. The van der Waals surface area contributed by atoms with Crippen molar-refractivity contribution in [3.63, 3.8) is 0 Å². The van der Waals surface area contributed by atoms with E-state index in [9.17, 15) is 22.4 Å². The molecule has 0 radical (unpaired) electrons. The molecule has 27 heavy (non-hydrogen) atoms. The largest absolute Gasteiger partial charge is 0.273 e. The first-order valence-electron chi connectivity index (χ1n) is 8.27. The maximum atomic E-state index is 12.9. The van der Waals surface area contributed by atoms with E-state index in [4.69, 9.17) is 0 Å². The van der Waals surface area contributed by atoms with Crippen molar-refractivity contribution in [2.24, 2.45) is 5.92 Å². The van der Waals surface area contributed by atoms with E-state index >= 15 is 0 Å². The van der Waals surface area contributed by atoms with E-state index in [-0.39, 0.29) is 28.8 Å². The number of nitrogens with zero attached hydrogens (tertiary/aromatic N) is 1. The molecule has 1 aromatic carbocycles. The number of carbonyl (C=O) groups excluding carboxylic acids is 2. The summed E-state index contributed by atoms with van der Waals surface area (Å²) in [4.78, 5) is 24.1. The molecule has 1 aliphatic heterocycles. The number of halogens is 1. The summed E-state index contributed by atoms with van der Waals surface area (Å²) in [5.41, 5.74) is 4.85. The van der Waals surface area contributed by atoms with Crippen molar-refractivity contribution in [2.45, 2.75) is 17.1 Å². The van der Waals surface area contributed by atoms with Crippen molar-refractivity contribution in [2.75, 3.05) is 13.1 Å².